The number of hydrogen-bond acceptors (Lipinski definition) is 4. The highest BCUT2D eigenvalue weighted by atomic mass is 16.6. The number of imidazole rings is 1. The van der Waals surface area contributed by atoms with Gasteiger partial charge in [0.1, 0.15) is 0 Å². The van der Waals surface area contributed by atoms with E-state index >= 15 is 0 Å². The van der Waals surface area contributed by atoms with Gasteiger partial charge in [-0.05, 0) is 12.1 Å². The molecule has 0 atom stereocenters. The van der Waals surface area contributed by atoms with Crippen molar-refractivity contribution in [1.82, 2.24) is 14.0 Å². The van der Waals surface area contributed by atoms with Crippen molar-refractivity contribution >= 4 is 18.4 Å². The van der Waals surface area contributed by atoms with Crippen LogP contribution in [0.25, 0.3) is 11.3 Å². The molecule has 1 aliphatic rings. The van der Waals surface area contributed by atoms with Gasteiger partial charge in [0, 0.05) is 24.3 Å². The monoisotopic (exact) mass is 281 g/mol. The molecule has 1 fully saturated rings. The summed E-state index contributed by atoms with van der Waals surface area (Å²) in [6.07, 6.45) is 5.17. The van der Waals surface area contributed by atoms with Crippen LogP contribution in [0.15, 0.2) is 53.7 Å². The zero-order valence-corrected chi connectivity index (χ0v) is 11.2. The van der Waals surface area contributed by atoms with E-state index in [0.717, 1.165) is 5.69 Å². The molecule has 0 aliphatic carbocycles. The van der Waals surface area contributed by atoms with Crippen LogP contribution in [0.5, 0.6) is 0 Å². The first-order chi connectivity index (χ1) is 10.3. The summed E-state index contributed by atoms with van der Waals surface area (Å²) >= 11 is 0. The summed E-state index contributed by atoms with van der Waals surface area (Å²) < 4.78 is 14.4. The van der Waals surface area contributed by atoms with Crippen molar-refractivity contribution in [2.75, 3.05) is 13.2 Å². The zero-order valence-electron chi connectivity index (χ0n) is 11.2. The van der Waals surface area contributed by atoms with Gasteiger partial charge in [0.05, 0.1) is 18.8 Å². The molecule has 104 valence electrons. The zero-order chi connectivity index (χ0) is 14.2. The van der Waals surface area contributed by atoms with E-state index in [1.165, 1.54) is 0 Å². The Bertz CT molecular complexity index is 838. The quantitative estimate of drug-likeness (QED) is 0.631. The summed E-state index contributed by atoms with van der Waals surface area (Å²) in [6.45, 7) is 1.05. The minimum atomic E-state index is -0.537. The van der Waals surface area contributed by atoms with Gasteiger partial charge in [-0.1, -0.05) is 18.2 Å². The fourth-order valence-electron chi connectivity index (χ4n) is 2.54. The van der Waals surface area contributed by atoms with Crippen LogP contribution >= 0.6 is 0 Å². The van der Waals surface area contributed by atoms with Gasteiger partial charge < -0.3 is 13.7 Å². The van der Waals surface area contributed by atoms with E-state index in [1.54, 1.807) is 21.4 Å². The molecule has 21 heavy (non-hydrogen) atoms. The Morgan fingerprint density at radius 1 is 1.14 bits per heavy atom. The van der Waals surface area contributed by atoms with Crippen LogP contribution in [0.3, 0.4) is 0 Å². The van der Waals surface area contributed by atoms with Gasteiger partial charge in [-0.25, -0.2) is 4.98 Å². The van der Waals surface area contributed by atoms with Crippen LogP contribution in [-0.2, 0) is 9.31 Å². The number of benzene rings is 1. The predicted octanol–water partition coefficient (Wildman–Crippen LogP) is 0.227. The molecule has 0 spiro atoms. The topological polar surface area (TPSA) is 57.8 Å². The Kier molecular flexibility index (Phi) is 2.87. The smallest absolute Gasteiger partial charge is 0.404 e. The number of aromatic nitrogens is 3. The number of fused-ring (bicyclic) bond motifs is 1. The van der Waals surface area contributed by atoms with Crippen LogP contribution < -0.4 is 11.2 Å². The molecule has 0 saturated carbocycles. The van der Waals surface area contributed by atoms with Gasteiger partial charge >= 0.3 is 7.12 Å². The highest BCUT2D eigenvalue weighted by Crippen LogP contribution is 2.07. The first kappa shape index (κ1) is 12.4. The van der Waals surface area contributed by atoms with Crippen LogP contribution in [0.1, 0.15) is 0 Å². The molecule has 1 saturated heterocycles. The third-order valence-electron chi connectivity index (χ3n) is 3.47. The SMILES string of the molecule is O=c1c2nccn2cc(B2OCCO2)n1-c1ccccc1. The Labute approximate surface area is 120 Å². The summed E-state index contributed by atoms with van der Waals surface area (Å²) in [6, 6.07) is 9.43. The molecule has 6 nitrogen and oxygen atoms in total. The first-order valence-corrected chi connectivity index (χ1v) is 6.72. The lowest BCUT2D eigenvalue weighted by Crippen LogP contribution is -2.45. The predicted molar refractivity (Wildman–Crippen MR) is 78.1 cm³/mol. The number of hydrogen-bond donors (Lipinski definition) is 0. The first-order valence-electron chi connectivity index (χ1n) is 6.72. The van der Waals surface area contributed by atoms with E-state index in [-0.39, 0.29) is 5.56 Å². The van der Waals surface area contributed by atoms with Gasteiger partial charge in [0.2, 0.25) is 5.65 Å². The number of para-hydroxylation sites is 1. The number of rotatable bonds is 2. The summed E-state index contributed by atoms with van der Waals surface area (Å²) in [5.74, 6) is 0. The second-order valence-corrected chi connectivity index (χ2v) is 4.76. The molecule has 4 rings (SSSR count). The van der Waals surface area contributed by atoms with Crippen molar-refractivity contribution in [3.8, 4) is 5.69 Å². The third kappa shape index (κ3) is 1.98. The molecule has 0 unspecified atom stereocenters. The molecule has 0 N–H and O–H groups in total. The molecule has 0 radical (unpaired) electrons. The van der Waals surface area contributed by atoms with Crippen molar-refractivity contribution in [1.29, 1.82) is 0 Å². The maximum atomic E-state index is 12.7. The van der Waals surface area contributed by atoms with Gasteiger partial charge in [-0.15, -0.1) is 0 Å². The van der Waals surface area contributed by atoms with E-state index in [0.29, 0.717) is 24.5 Å². The highest BCUT2D eigenvalue weighted by molar-refractivity contribution is 6.60. The van der Waals surface area contributed by atoms with E-state index < -0.39 is 7.12 Å². The molecule has 3 aromatic rings. The fraction of sp³-hybridized carbons (Fsp3) is 0.143. The maximum absolute atomic E-state index is 12.7. The molecule has 7 heteroatoms. The molecular weight excluding hydrogens is 269 g/mol. The van der Waals surface area contributed by atoms with Crippen molar-refractivity contribution in [3.05, 3.63) is 59.3 Å². The Hall–Kier alpha value is -2.38. The van der Waals surface area contributed by atoms with Gasteiger partial charge in [-0.2, -0.15) is 0 Å². The Morgan fingerprint density at radius 2 is 1.90 bits per heavy atom. The second kappa shape index (κ2) is 4.87. The Balaban J connectivity index is 2.03. The summed E-state index contributed by atoms with van der Waals surface area (Å²) in [4.78, 5) is 16.9. The molecular formula is C14H12BN3O3. The molecule has 1 aromatic carbocycles. The average Bonchev–Trinajstić information content (AvgIpc) is 3.19. The van der Waals surface area contributed by atoms with E-state index in [4.69, 9.17) is 9.31 Å². The molecule has 1 aliphatic heterocycles. The van der Waals surface area contributed by atoms with E-state index in [9.17, 15) is 4.79 Å². The average molecular weight is 281 g/mol. The molecule has 2 aromatic heterocycles. The van der Waals surface area contributed by atoms with Crippen LogP contribution in [-0.4, -0.2) is 34.3 Å². The largest absolute Gasteiger partial charge is 0.513 e. The maximum Gasteiger partial charge on any atom is 0.513 e. The summed E-state index contributed by atoms with van der Waals surface area (Å²) in [7, 11) is -0.537. The van der Waals surface area contributed by atoms with Crippen molar-refractivity contribution in [2.45, 2.75) is 0 Å². The van der Waals surface area contributed by atoms with Crippen molar-refractivity contribution in [3.63, 3.8) is 0 Å². The fourth-order valence-corrected chi connectivity index (χ4v) is 2.54. The van der Waals surface area contributed by atoms with Crippen LogP contribution in [0.2, 0.25) is 0 Å². The van der Waals surface area contributed by atoms with E-state index in [1.807, 2.05) is 36.5 Å². The van der Waals surface area contributed by atoms with Crippen molar-refractivity contribution < 1.29 is 9.31 Å². The molecule has 0 amide bonds. The summed E-state index contributed by atoms with van der Waals surface area (Å²) in [5.41, 5.74) is 1.61. The van der Waals surface area contributed by atoms with Gasteiger partial charge in [0.15, 0.2) is 0 Å². The summed E-state index contributed by atoms with van der Waals surface area (Å²) in [5, 5.41) is 0. The Morgan fingerprint density at radius 3 is 2.67 bits per heavy atom. The minimum absolute atomic E-state index is 0.192. The normalized spacial score (nSPS) is 15.0. The lowest BCUT2D eigenvalue weighted by Gasteiger charge is -2.14. The van der Waals surface area contributed by atoms with Crippen LogP contribution in [0.4, 0.5) is 0 Å². The standard InChI is InChI=1S/C14H12BN3O3/c19-14-13-16-6-7-17(13)10-12(15-20-8-9-21-15)18(14)11-4-2-1-3-5-11/h1-7,10H,8-9H2. The second-order valence-electron chi connectivity index (χ2n) is 4.76. The molecule has 0 bridgehead atoms. The van der Waals surface area contributed by atoms with E-state index in [2.05, 4.69) is 4.98 Å². The minimum Gasteiger partial charge on any atom is -0.404 e. The number of nitrogens with zero attached hydrogens (tertiary/aromatic N) is 3. The van der Waals surface area contributed by atoms with Crippen LogP contribution in [0, 0.1) is 0 Å². The van der Waals surface area contributed by atoms with Crippen molar-refractivity contribution in [2.24, 2.45) is 0 Å². The lowest BCUT2D eigenvalue weighted by molar-refractivity contribution is 0.365. The highest BCUT2D eigenvalue weighted by Gasteiger charge is 2.31. The van der Waals surface area contributed by atoms with Gasteiger partial charge in [-0.3, -0.25) is 9.36 Å². The lowest BCUT2D eigenvalue weighted by atomic mass is 9.85. The van der Waals surface area contributed by atoms with Gasteiger partial charge in [0.25, 0.3) is 5.56 Å². The molecule has 3 heterocycles. The third-order valence-corrected chi connectivity index (χ3v) is 3.47.